The minimum atomic E-state index is 0.268. The van der Waals surface area contributed by atoms with E-state index in [2.05, 4.69) is 17.5 Å². The highest BCUT2D eigenvalue weighted by atomic mass is 16.3. The second kappa shape index (κ2) is 4.45. The smallest absolute Gasteiger partial charge is 0.0499 e. The molecule has 0 spiro atoms. The SMILES string of the molecule is OCC1(CNCC2CC=CCC2)CC1. The number of rotatable bonds is 5. The molecule has 0 aromatic heterocycles. The fraction of sp³-hybridized carbons (Fsp3) is 0.833. The van der Waals surface area contributed by atoms with Crippen molar-refractivity contribution >= 4 is 0 Å². The number of hydrogen-bond acceptors (Lipinski definition) is 2. The van der Waals surface area contributed by atoms with Gasteiger partial charge in [0.15, 0.2) is 0 Å². The maximum Gasteiger partial charge on any atom is 0.0499 e. The van der Waals surface area contributed by atoms with Gasteiger partial charge in [0.25, 0.3) is 0 Å². The van der Waals surface area contributed by atoms with E-state index >= 15 is 0 Å². The van der Waals surface area contributed by atoms with Crippen LogP contribution in [0.2, 0.25) is 0 Å². The van der Waals surface area contributed by atoms with Crippen molar-refractivity contribution < 1.29 is 5.11 Å². The number of aliphatic hydroxyl groups is 1. The summed E-state index contributed by atoms with van der Waals surface area (Å²) in [4.78, 5) is 0. The van der Waals surface area contributed by atoms with E-state index in [9.17, 15) is 0 Å². The van der Waals surface area contributed by atoms with Gasteiger partial charge in [0.2, 0.25) is 0 Å². The zero-order valence-corrected chi connectivity index (χ0v) is 8.84. The summed E-state index contributed by atoms with van der Waals surface area (Å²) < 4.78 is 0. The number of nitrogens with one attached hydrogen (secondary N) is 1. The maximum absolute atomic E-state index is 9.14. The normalized spacial score (nSPS) is 29.1. The van der Waals surface area contributed by atoms with Gasteiger partial charge in [-0.05, 0) is 44.6 Å². The van der Waals surface area contributed by atoms with Crippen LogP contribution in [-0.4, -0.2) is 24.8 Å². The maximum atomic E-state index is 9.14. The third-order valence-electron chi connectivity index (χ3n) is 3.60. The van der Waals surface area contributed by atoms with Gasteiger partial charge in [-0.15, -0.1) is 0 Å². The number of hydrogen-bond donors (Lipinski definition) is 2. The highest BCUT2D eigenvalue weighted by Gasteiger charge is 2.41. The summed E-state index contributed by atoms with van der Waals surface area (Å²) in [5.41, 5.74) is 0.268. The Morgan fingerprint density at radius 3 is 2.79 bits per heavy atom. The predicted octanol–water partition coefficient (Wildman–Crippen LogP) is 1.70. The van der Waals surface area contributed by atoms with E-state index in [4.69, 9.17) is 5.11 Å². The molecule has 0 heterocycles. The Kier molecular flexibility index (Phi) is 3.24. The average Bonchev–Trinajstić information content (AvgIpc) is 3.00. The van der Waals surface area contributed by atoms with Crippen molar-refractivity contribution in [2.75, 3.05) is 19.7 Å². The third kappa shape index (κ3) is 2.58. The molecule has 0 radical (unpaired) electrons. The predicted molar refractivity (Wildman–Crippen MR) is 58.1 cm³/mol. The molecule has 2 rings (SSSR count). The molecule has 0 saturated heterocycles. The minimum absolute atomic E-state index is 0.268. The van der Waals surface area contributed by atoms with Gasteiger partial charge in [-0.2, -0.15) is 0 Å². The van der Waals surface area contributed by atoms with Crippen LogP contribution in [0.4, 0.5) is 0 Å². The summed E-state index contributed by atoms with van der Waals surface area (Å²) >= 11 is 0. The highest BCUT2D eigenvalue weighted by molar-refractivity contribution is 4.95. The van der Waals surface area contributed by atoms with Gasteiger partial charge in [-0.25, -0.2) is 0 Å². The molecule has 80 valence electrons. The van der Waals surface area contributed by atoms with Crippen LogP contribution >= 0.6 is 0 Å². The Bertz CT molecular complexity index is 208. The standard InChI is InChI=1S/C12H21NO/c14-10-12(6-7-12)9-13-8-11-4-2-1-3-5-11/h1-2,11,13-14H,3-10H2. The Balaban J connectivity index is 1.60. The van der Waals surface area contributed by atoms with Crippen LogP contribution in [0.15, 0.2) is 12.2 Å². The molecule has 1 atom stereocenters. The van der Waals surface area contributed by atoms with Crippen LogP contribution in [0.1, 0.15) is 32.1 Å². The fourth-order valence-corrected chi connectivity index (χ4v) is 2.15. The van der Waals surface area contributed by atoms with E-state index in [1.807, 2.05) is 0 Å². The summed E-state index contributed by atoms with van der Waals surface area (Å²) in [5, 5.41) is 12.7. The van der Waals surface area contributed by atoms with Crippen molar-refractivity contribution in [3.05, 3.63) is 12.2 Å². The Morgan fingerprint density at radius 1 is 1.36 bits per heavy atom. The Morgan fingerprint density at radius 2 is 2.21 bits per heavy atom. The first kappa shape index (κ1) is 10.2. The quantitative estimate of drug-likeness (QED) is 0.654. The van der Waals surface area contributed by atoms with Gasteiger partial charge in [0.05, 0.1) is 0 Å². The van der Waals surface area contributed by atoms with Gasteiger partial charge < -0.3 is 10.4 Å². The second-order valence-corrected chi connectivity index (χ2v) is 4.94. The molecule has 2 nitrogen and oxygen atoms in total. The Hall–Kier alpha value is -0.340. The topological polar surface area (TPSA) is 32.3 Å². The summed E-state index contributed by atoms with van der Waals surface area (Å²) in [5.74, 6) is 0.828. The molecule has 2 heteroatoms. The monoisotopic (exact) mass is 195 g/mol. The molecule has 0 amide bonds. The Labute approximate surface area is 86.4 Å². The highest BCUT2D eigenvalue weighted by Crippen LogP contribution is 2.44. The molecule has 1 saturated carbocycles. The van der Waals surface area contributed by atoms with Crippen LogP contribution in [0.25, 0.3) is 0 Å². The van der Waals surface area contributed by atoms with Crippen LogP contribution in [0, 0.1) is 11.3 Å². The first-order valence-electron chi connectivity index (χ1n) is 5.81. The minimum Gasteiger partial charge on any atom is -0.396 e. The molecule has 2 N–H and O–H groups in total. The van der Waals surface area contributed by atoms with E-state index in [1.54, 1.807) is 0 Å². The molecule has 1 unspecified atom stereocenters. The summed E-state index contributed by atoms with van der Waals surface area (Å²) in [7, 11) is 0. The molecule has 0 bridgehead atoms. The number of allylic oxidation sites excluding steroid dienone is 2. The summed E-state index contributed by atoms with van der Waals surface area (Å²) in [6.45, 7) is 2.51. The molecule has 2 aliphatic rings. The van der Waals surface area contributed by atoms with Crippen molar-refractivity contribution in [3.8, 4) is 0 Å². The van der Waals surface area contributed by atoms with E-state index < -0.39 is 0 Å². The number of aliphatic hydroxyl groups excluding tert-OH is 1. The van der Waals surface area contributed by atoms with Gasteiger partial charge in [-0.3, -0.25) is 0 Å². The van der Waals surface area contributed by atoms with Gasteiger partial charge in [-0.1, -0.05) is 12.2 Å². The lowest BCUT2D eigenvalue weighted by atomic mass is 9.94. The lowest BCUT2D eigenvalue weighted by Gasteiger charge is -2.20. The van der Waals surface area contributed by atoms with Gasteiger partial charge in [0.1, 0.15) is 0 Å². The van der Waals surface area contributed by atoms with Crippen LogP contribution in [0.5, 0.6) is 0 Å². The molecule has 0 aromatic carbocycles. The van der Waals surface area contributed by atoms with Gasteiger partial charge in [0, 0.05) is 18.6 Å². The lowest BCUT2D eigenvalue weighted by Crippen LogP contribution is -2.31. The average molecular weight is 195 g/mol. The molecular weight excluding hydrogens is 174 g/mol. The first-order valence-corrected chi connectivity index (χ1v) is 5.81. The summed E-state index contributed by atoms with van der Waals surface area (Å²) in [6, 6.07) is 0. The van der Waals surface area contributed by atoms with Crippen molar-refractivity contribution in [3.63, 3.8) is 0 Å². The van der Waals surface area contributed by atoms with Gasteiger partial charge >= 0.3 is 0 Å². The van der Waals surface area contributed by atoms with Crippen molar-refractivity contribution in [1.29, 1.82) is 0 Å². The van der Waals surface area contributed by atoms with Crippen molar-refractivity contribution in [2.45, 2.75) is 32.1 Å². The molecule has 0 aromatic rings. The molecule has 0 aliphatic heterocycles. The molecular formula is C12H21NO. The zero-order valence-electron chi connectivity index (χ0n) is 8.84. The van der Waals surface area contributed by atoms with Crippen LogP contribution < -0.4 is 5.32 Å². The van der Waals surface area contributed by atoms with E-state index in [1.165, 1.54) is 32.1 Å². The van der Waals surface area contributed by atoms with E-state index in [0.717, 1.165) is 19.0 Å². The second-order valence-electron chi connectivity index (χ2n) is 4.94. The van der Waals surface area contributed by atoms with Crippen molar-refractivity contribution in [1.82, 2.24) is 5.32 Å². The van der Waals surface area contributed by atoms with Crippen LogP contribution in [0.3, 0.4) is 0 Å². The first-order chi connectivity index (χ1) is 6.85. The van der Waals surface area contributed by atoms with E-state index in [0.29, 0.717) is 6.61 Å². The molecule has 14 heavy (non-hydrogen) atoms. The third-order valence-corrected chi connectivity index (χ3v) is 3.60. The molecule has 1 fully saturated rings. The zero-order chi connectivity index (χ0) is 9.86. The van der Waals surface area contributed by atoms with E-state index in [-0.39, 0.29) is 5.41 Å². The summed E-state index contributed by atoms with van der Waals surface area (Å²) in [6.07, 6.45) is 10.8. The fourth-order valence-electron chi connectivity index (χ4n) is 2.15. The van der Waals surface area contributed by atoms with Crippen LogP contribution in [-0.2, 0) is 0 Å². The largest absolute Gasteiger partial charge is 0.396 e. The molecule has 2 aliphatic carbocycles. The van der Waals surface area contributed by atoms with Crippen molar-refractivity contribution in [2.24, 2.45) is 11.3 Å². The lowest BCUT2D eigenvalue weighted by molar-refractivity contribution is 0.205.